The fraction of sp³-hybridized carbons (Fsp3) is 0.917. The number of carbonyl (C=O) groups is 1. The molecular weight excluding hydrogens is 222 g/mol. The van der Waals surface area contributed by atoms with Gasteiger partial charge in [-0.05, 0) is 33.6 Å². The van der Waals surface area contributed by atoms with E-state index in [4.69, 9.17) is 9.57 Å². The number of ether oxygens (including phenoxy) is 1. The van der Waals surface area contributed by atoms with Gasteiger partial charge in [0.25, 0.3) is 0 Å². The molecule has 1 amide bonds. The number of aliphatic hydroxyl groups is 1. The summed E-state index contributed by atoms with van der Waals surface area (Å²) in [7, 11) is 0. The molecule has 0 atom stereocenters. The number of amides is 1. The third-order valence-electron chi connectivity index (χ3n) is 2.68. The van der Waals surface area contributed by atoms with Gasteiger partial charge in [-0.2, -0.15) is 5.48 Å². The van der Waals surface area contributed by atoms with Crippen LogP contribution in [0.1, 0.15) is 52.9 Å². The zero-order valence-corrected chi connectivity index (χ0v) is 10.9. The van der Waals surface area contributed by atoms with Crippen molar-refractivity contribution < 1.29 is 19.5 Å². The van der Waals surface area contributed by atoms with Crippen LogP contribution in [-0.4, -0.2) is 29.0 Å². The monoisotopic (exact) mass is 245 g/mol. The van der Waals surface area contributed by atoms with Crippen LogP contribution in [0.3, 0.4) is 0 Å². The van der Waals surface area contributed by atoms with E-state index in [-0.39, 0.29) is 6.61 Å². The van der Waals surface area contributed by atoms with E-state index < -0.39 is 17.3 Å². The molecule has 0 bridgehead atoms. The van der Waals surface area contributed by atoms with Gasteiger partial charge in [-0.15, -0.1) is 0 Å². The van der Waals surface area contributed by atoms with Gasteiger partial charge >= 0.3 is 6.09 Å². The largest absolute Gasteiger partial charge is 0.442 e. The molecule has 5 nitrogen and oxygen atoms in total. The highest BCUT2D eigenvalue weighted by molar-refractivity contribution is 5.66. The summed E-state index contributed by atoms with van der Waals surface area (Å²) >= 11 is 0. The van der Waals surface area contributed by atoms with Crippen LogP contribution in [-0.2, 0) is 9.57 Å². The van der Waals surface area contributed by atoms with Crippen LogP contribution in [0.25, 0.3) is 0 Å². The van der Waals surface area contributed by atoms with Crippen molar-refractivity contribution in [1.82, 2.24) is 5.48 Å². The lowest BCUT2D eigenvalue weighted by atomic mass is 9.86. The Morgan fingerprint density at radius 1 is 1.29 bits per heavy atom. The fourth-order valence-electron chi connectivity index (χ4n) is 1.88. The molecule has 1 saturated carbocycles. The Morgan fingerprint density at radius 2 is 1.88 bits per heavy atom. The summed E-state index contributed by atoms with van der Waals surface area (Å²) in [5.74, 6) is 0. The van der Waals surface area contributed by atoms with E-state index in [9.17, 15) is 9.90 Å². The summed E-state index contributed by atoms with van der Waals surface area (Å²) in [5, 5.41) is 10.1. The maximum atomic E-state index is 11.3. The molecule has 1 rings (SSSR count). The van der Waals surface area contributed by atoms with Gasteiger partial charge in [0.15, 0.2) is 0 Å². The molecule has 0 aromatic rings. The van der Waals surface area contributed by atoms with Crippen LogP contribution < -0.4 is 5.48 Å². The second-order valence-corrected chi connectivity index (χ2v) is 5.68. The molecule has 2 N–H and O–H groups in total. The lowest BCUT2D eigenvalue weighted by Gasteiger charge is -2.31. The van der Waals surface area contributed by atoms with Gasteiger partial charge in [-0.25, -0.2) is 4.79 Å². The smallest absolute Gasteiger partial charge is 0.431 e. The van der Waals surface area contributed by atoms with Crippen LogP contribution in [0.15, 0.2) is 0 Å². The van der Waals surface area contributed by atoms with Gasteiger partial charge in [-0.1, -0.05) is 19.3 Å². The maximum absolute atomic E-state index is 11.3. The summed E-state index contributed by atoms with van der Waals surface area (Å²) in [4.78, 5) is 16.3. The van der Waals surface area contributed by atoms with Gasteiger partial charge in [0.05, 0.1) is 5.60 Å². The molecule has 1 fully saturated rings. The molecule has 0 unspecified atom stereocenters. The van der Waals surface area contributed by atoms with E-state index in [1.165, 1.54) is 0 Å². The lowest BCUT2D eigenvalue weighted by Crippen LogP contribution is -2.41. The number of hydrogen-bond donors (Lipinski definition) is 2. The summed E-state index contributed by atoms with van der Waals surface area (Å²) in [6.45, 7) is 5.45. The number of rotatable bonds is 3. The predicted octanol–water partition coefficient (Wildman–Crippen LogP) is 2.14. The summed E-state index contributed by atoms with van der Waals surface area (Å²) in [6, 6.07) is 0. The van der Waals surface area contributed by atoms with Crippen molar-refractivity contribution in [2.45, 2.75) is 64.1 Å². The fourth-order valence-corrected chi connectivity index (χ4v) is 1.88. The molecule has 5 heteroatoms. The molecule has 1 aliphatic carbocycles. The summed E-state index contributed by atoms with van der Waals surface area (Å²) in [6.07, 6.45) is 3.99. The minimum atomic E-state index is -0.798. The van der Waals surface area contributed by atoms with Crippen LogP contribution >= 0.6 is 0 Å². The second-order valence-electron chi connectivity index (χ2n) is 5.68. The van der Waals surface area contributed by atoms with Crippen molar-refractivity contribution in [1.29, 1.82) is 0 Å². The van der Waals surface area contributed by atoms with Crippen LogP contribution in [0.4, 0.5) is 4.79 Å². The van der Waals surface area contributed by atoms with Crippen molar-refractivity contribution in [3.05, 3.63) is 0 Å². The van der Waals surface area contributed by atoms with Crippen molar-refractivity contribution >= 4 is 6.09 Å². The van der Waals surface area contributed by atoms with E-state index in [1.54, 1.807) is 20.8 Å². The van der Waals surface area contributed by atoms with Crippen molar-refractivity contribution in [2.75, 3.05) is 6.61 Å². The standard InChI is InChI=1S/C12H23NO4/c1-11(2,3)17-10(14)13-16-9-12(15)7-5-4-6-8-12/h15H,4-9H2,1-3H3,(H,13,14). The first kappa shape index (κ1) is 14.3. The Hall–Kier alpha value is -0.810. The van der Waals surface area contributed by atoms with Gasteiger partial charge in [0, 0.05) is 0 Å². The Labute approximate surface area is 102 Å². The minimum absolute atomic E-state index is 0.117. The second kappa shape index (κ2) is 5.69. The van der Waals surface area contributed by atoms with Crippen molar-refractivity contribution in [3.8, 4) is 0 Å². The topological polar surface area (TPSA) is 67.8 Å². The molecule has 0 aliphatic heterocycles. The Kier molecular flexibility index (Phi) is 4.77. The Morgan fingerprint density at radius 3 is 2.41 bits per heavy atom. The first-order chi connectivity index (χ1) is 7.81. The Bertz CT molecular complexity index is 254. The maximum Gasteiger partial charge on any atom is 0.431 e. The molecule has 0 heterocycles. The van der Waals surface area contributed by atoms with Crippen LogP contribution in [0.2, 0.25) is 0 Å². The first-order valence-corrected chi connectivity index (χ1v) is 6.14. The van der Waals surface area contributed by atoms with Gasteiger partial charge in [-0.3, -0.25) is 4.84 Å². The van der Waals surface area contributed by atoms with Crippen LogP contribution in [0, 0.1) is 0 Å². The third-order valence-corrected chi connectivity index (χ3v) is 2.68. The zero-order chi connectivity index (χ0) is 12.9. The SMILES string of the molecule is CC(C)(C)OC(=O)NOCC1(O)CCCCC1. The molecule has 0 radical (unpaired) electrons. The molecule has 0 aromatic carbocycles. The quantitative estimate of drug-likeness (QED) is 0.747. The average Bonchev–Trinajstić information content (AvgIpc) is 2.15. The molecule has 100 valence electrons. The van der Waals surface area contributed by atoms with Gasteiger partial charge in [0.1, 0.15) is 12.2 Å². The average molecular weight is 245 g/mol. The number of carbonyl (C=O) groups excluding carboxylic acids is 1. The van der Waals surface area contributed by atoms with E-state index in [2.05, 4.69) is 5.48 Å². The predicted molar refractivity (Wildman–Crippen MR) is 63.4 cm³/mol. The summed E-state index contributed by atoms with van der Waals surface area (Å²) < 4.78 is 5.00. The molecule has 0 spiro atoms. The van der Waals surface area contributed by atoms with Gasteiger partial charge in [0.2, 0.25) is 0 Å². The highest BCUT2D eigenvalue weighted by Crippen LogP contribution is 2.27. The normalized spacial score (nSPS) is 19.8. The van der Waals surface area contributed by atoms with Crippen LogP contribution in [0.5, 0.6) is 0 Å². The van der Waals surface area contributed by atoms with Crippen molar-refractivity contribution in [2.24, 2.45) is 0 Å². The van der Waals surface area contributed by atoms with E-state index in [0.29, 0.717) is 0 Å². The van der Waals surface area contributed by atoms with E-state index in [1.807, 2.05) is 0 Å². The first-order valence-electron chi connectivity index (χ1n) is 6.14. The molecule has 0 saturated heterocycles. The molecule has 1 aliphatic rings. The highest BCUT2D eigenvalue weighted by Gasteiger charge is 2.30. The number of hydroxylamine groups is 1. The number of nitrogens with one attached hydrogen (secondary N) is 1. The molecule has 0 aromatic heterocycles. The molecular formula is C12H23NO4. The van der Waals surface area contributed by atoms with Crippen molar-refractivity contribution in [3.63, 3.8) is 0 Å². The van der Waals surface area contributed by atoms with E-state index in [0.717, 1.165) is 32.1 Å². The third kappa shape index (κ3) is 5.89. The minimum Gasteiger partial charge on any atom is -0.442 e. The number of hydrogen-bond acceptors (Lipinski definition) is 4. The Balaban J connectivity index is 2.20. The summed E-state index contributed by atoms with van der Waals surface area (Å²) in [5.41, 5.74) is 0.846. The van der Waals surface area contributed by atoms with Gasteiger partial charge < -0.3 is 9.84 Å². The van der Waals surface area contributed by atoms with E-state index >= 15 is 0 Å². The molecule has 17 heavy (non-hydrogen) atoms. The zero-order valence-electron chi connectivity index (χ0n) is 10.9. The lowest BCUT2D eigenvalue weighted by molar-refractivity contribution is -0.0970. The highest BCUT2D eigenvalue weighted by atomic mass is 16.7.